The third-order valence-corrected chi connectivity index (χ3v) is 3.71. The molecule has 0 fully saturated rings. The quantitative estimate of drug-likeness (QED) is 0.917. The zero-order valence-corrected chi connectivity index (χ0v) is 12.4. The minimum absolute atomic E-state index is 0.310. The van der Waals surface area contributed by atoms with Crippen LogP contribution in [0.4, 0.5) is 0 Å². The van der Waals surface area contributed by atoms with E-state index in [0.29, 0.717) is 6.04 Å². The Morgan fingerprint density at radius 2 is 2.11 bits per heavy atom. The molecule has 2 heterocycles. The first kappa shape index (κ1) is 13.7. The largest absolute Gasteiger partial charge is 0.313 e. The van der Waals surface area contributed by atoms with Crippen molar-refractivity contribution >= 4 is 0 Å². The van der Waals surface area contributed by atoms with Crippen LogP contribution < -0.4 is 5.32 Å². The Labute approximate surface area is 114 Å². The molecule has 0 bridgehead atoms. The molecule has 2 rings (SSSR count). The predicted molar refractivity (Wildman–Crippen MR) is 77.7 cm³/mol. The second kappa shape index (κ2) is 5.53. The molecule has 2 aromatic heterocycles. The molecule has 0 aliphatic carbocycles. The molecule has 0 spiro atoms. The Morgan fingerprint density at radius 1 is 1.37 bits per heavy atom. The lowest BCUT2D eigenvalue weighted by atomic mass is 10.1. The summed E-state index contributed by atoms with van der Waals surface area (Å²) in [6.45, 7) is 8.46. The highest BCUT2D eigenvalue weighted by atomic mass is 15.3. The number of rotatable bonds is 4. The van der Waals surface area contributed by atoms with Gasteiger partial charge in [-0.1, -0.05) is 6.92 Å². The van der Waals surface area contributed by atoms with Gasteiger partial charge in [0.05, 0.1) is 5.69 Å². The summed E-state index contributed by atoms with van der Waals surface area (Å²) in [6.07, 6.45) is 2.85. The Morgan fingerprint density at radius 3 is 2.68 bits per heavy atom. The molecule has 0 aliphatic heterocycles. The summed E-state index contributed by atoms with van der Waals surface area (Å²) in [5, 5.41) is 7.86. The van der Waals surface area contributed by atoms with Crippen LogP contribution in [0.2, 0.25) is 0 Å². The lowest BCUT2D eigenvalue weighted by molar-refractivity contribution is 0.649. The molecule has 1 unspecified atom stereocenters. The Bertz CT molecular complexity index is 572. The Balaban J connectivity index is 2.47. The molecule has 1 atom stereocenters. The van der Waals surface area contributed by atoms with Crippen LogP contribution in [0.5, 0.6) is 0 Å². The van der Waals surface area contributed by atoms with Gasteiger partial charge >= 0.3 is 0 Å². The first-order valence-corrected chi connectivity index (χ1v) is 6.77. The van der Waals surface area contributed by atoms with Crippen molar-refractivity contribution in [3.8, 4) is 5.82 Å². The van der Waals surface area contributed by atoms with Crippen molar-refractivity contribution in [3.63, 3.8) is 0 Å². The average Bonchev–Trinajstić information content (AvgIpc) is 2.72. The summed E-state index contributed by atoms with van der Waals surface area (Å²) in [5.74, 6) is 0.889. The monoisotopic (exact) mass is 258 g/mol. The average molecular weight is 258 g/mol. The van der Waals surface area contributed by atoms with Crippen molar-refractivity contribution in [2.24, 2.45) is 0 Å². The van der Waals surface area contributed by atoms with Crippen LogP contribution >= 0.6 is 0 Å². The summed E-state index contributed by atoms with van der Waals surface area (Å²) < 4.78 is 1.94. The van der Waals surface area contributed by atoms with Crippen LogP contribution in [0.25, 0.3) is 5.82 Å². The minimum atomic E-state index is 0.310. The molecule has 0 saturated carbocycles. The molecule has 102 valence electrons. The van der Waals surface area contributed by atoms with E-state index < -0.39 is 0 Å². The highest BCUT2D eigenvalue weighted by Crippen LogP contribution is 2.19. The number of hydrogen-bond donors (Lipinski definition) is 1. The van der Waals surface area contributed by atoms with Gasteiger partial charge in [-0.25, -0.2) is 9.67 Å². The predicted octanol–water partition coefficient (Wildman–Crippen LogP) is 2.73. The van der Waals surface area contributed by atoms with Gasteiger partial charge in [-0.05, 0) is 57.5 Å². The maximum Gasteiger partial charge on any atom is 0.153 e. The zero-order chi connectivity index (χ0) is 14.0. The van der Waals surface area contributed by atoms with E-state index in [1.165, 1.54) is 16.8 Å². The number of aryl methyl sites for hydroxylation is 1. The van der Waals surface area contributed by atoms with E-state index in [-0.39, 0.29) is 0 Å². The van der Waals surface area contributed by atoms with E-state index in [2.05, 4.69) is 49.2 Å². The second-order valence-corrected chi connectivity index (χ2v) is 4.87. The van der Waals surface area contributed by atoms with E-state index in [1.54, 1.807) is 0 Å². The molecule has 4 nitrogen and oxygen atoms in total. The van der Waals surface area contributed by atoms with Gasteiger partial charge in [0.1, 0.15) is 0 Å². The van der Waals surface area contributed by atoms with Crippen molar-refractivity contribution in [2.45, 2.75) is 40.2 Å². The standard InChI is InChI=1S/C15H22N4/c1-6-14-11(3)18-19(12(14)4)15-9-13(7-8-17-15)10(2)16-5/h7-10,16H,6H2,1-5H3. The molecule has 19 heavy (non-hydrogen) atoms. The Kier molecular flexibility index (Phi) is 4.00. The zero-order valence-electron chi connectivity index (χ0n) is 12.4. The molecule has 0 saturated heterocycles. The van der Waals surface area contributed by atoms with Gasteiger partial charge in [-0.15, -0.1) is 0 Å². The van der Waals surface area contributed by atoms with Gasteiger partial charge < -0.3 is 5.32 Å². The van der Waals surface area contributed by atoms with Crippen molar-refractivity contribution in [1.82, 2.24) is 20.1 Å². The molecule has 0 aliphatic rings. The smallest absolute Gasteiger partial charge is 0.153 e. The number of hydrogen-bond acceptors (Lipinski definition) is 3. The number of nitrogens with one attached hydrogen (secondary N) is 1. The molecular weight excluding hydrogens is 236 g/mol. The van der Waals surface area contributed by atoms with Gasteiger partial charge in [0.15, 0.2) is 5.82 Å². The van der Waals surface area contributed by atoms with Crippen LogP contribution in [-0.4, -0.2) is 21.8 Å². The maximum atomic E-state index is 4.61. The van der Waals surface area contributed by atoms with Crippen LogP contribution in [0.3, 0.4) is 0 Å². The molecule has 1 N–H and O–H groups in total. The van der Waals surface area contributed by atoms with Crippen molar-refractivity contribution in [3.05, 3.63) is 40.8 Å². The van der Waals surface area contributed by atoms with Gasteiger partial charge in [0.2, 0.25) is 0 Å². The summed E-state index contributed by atoms with van der Waals surface area (Å²) in [4.78, 5) is 4.45. The fraction of sp³-hybridized carbons (Fsp3) is 0.467. The lowest BCUT2D eigenvalue weighted by Gasteiger charge is -2.12. The van der Waals surface area contributed by atoms with Crippen LogP contribution in [0.15, 0.2) is 18.3 Å². The van der Waals surface area contributed by atoms with Gasteiger partial charge in [0, 0.05) is 17.9 Å². The fourth-order valence-electron chi connectivity index (χ4n) is 2.40. The summed E-state index contributed by atoms with van der Waals surface area (Å²) in [7, 11) is 1.96. The van der Waals surface area contributed by atoms with E-state index in [1.807, 2.05) is 24.0 Å². The molecule has 0 aromatic carbocycles. The highest BCUT2D eigenvalue weighted by molar-refractivity contribution is 5.35. The molecule has 0 radical (unpaired) electrons. The number of nitrogens with zero attached hydrogens (tertiary/aromatic N) is 3. The second-order valence-electron chi connectivity index (χ2n) is 4.87. The number of pyridine rings is 1. The van der Waals surface area contributed by atoms with E-state index >= 15 is 0 Å². The molecule has 2 aromatic rings. The highest BCUT2D eigenvalue weighted by Gasteiger charge is 2.13. The topological polar surface area (TPSA) is 42.7 Å². The fourth-order valence-corrected chi connectivity index (χ4v) is 2.40. The van der Waals surface area contributed by atoms with Crippen molar-refractivity contribution < 1.29 is 0 Å². The Hall–Kier alpha value is -1.68. The van der Waals surface area contributed by atoms with E-state index in [4.69, 9.17) is 0 Å². The molecule has 0 amide bonds. The van der Waals surface area contributed by atoms with Crippen LogP contribution in [-0.2, 0) is 6.42 Å². The molecule has 4 heteroatoms. The normalized spacial score (nSPS) is 12.7. The SMILES string of the molecule is CCc1c(C)nn(-c2cc(C(C)NC)ccn2)c1C. The van der Waals surface area contributed by atoms with Crippen molar-refractivity contribution in [1.29, 1.82) is 0 Å². The van der Waals surface area contributed by atoms with Crippen molar-refractivity contribution in [2.75, 3.05) is 7.05 Å². The number of aromatic nitrogens is 3. The third-order valence-electron chi connectivity index (χ3n) is 3.71. The van der Waals surface area contributed by atoms with E-state index in [9.17, 15) is 0 Å². The van der Waals surface area contributed by atoms with Crippen LogP contribution in [0, 0.1) is 13.8 Å². The summed E-state index contributed by atoms with van der Waals surface area (Å²) in [5.41, 5.74) is 4.81. The first-order valence-electron chi connectivity index (χ1n) is 6.77. The third kappa shape index (κ3) is 2.54. The van der Waals surface area contributed by atoms with Gasteiger partial charge in [-0.3, -0.25) is 0 Å². The summed E-state index contributed by atoms with van der Waals surface area (Å²) in [6, 6.07) is 4.45. The maximum absolute atomic E-state index is 4.61. The lowest BCUT2D eigenvalue weighted by Crippen LogP contribution is -2.13. The summed E-state index contributed by atoms with van der Waals surface area (Å²) >= 11 is 0. The molecular formula is C15H22N4. The van der Waals surface area contributed by atoms with Gasteiger partial charge in [-0.2, -0.15) is 5.10 Å². The first-order chi connectivity index (χ1) is 9.08. The minimum Gasteiger partial charge on any atom is -0.313 e. The van der Waals surface area contributed by atoms with Gasteiger partial charge in [0.25, 0.3) is 0 Å². The van der Waals surface area contributed by atoms with E-state index in [0.717, 1.165) is 17.9 Å². The van der Waals surface area contributed by atoms with Crippen LogP contribution in [0.1, 0.15) is 42.4 Å².